The van der Waals surface area contributed by atoms with Crippen LogP contribution >= 0.6 is 0 Å². The number of hydrogen-bond acceptors (Lipinski definition) is 27. The average Bonchev–Trinajstić information content (AvgIpc) is 1.53. The van der Waals surface area contributed by atoms with Gasteiger partial charge in [0.25, 0.3) is 21.9 Å². The van der Waals surface area contributed by atoms with Crippen molar-refractivity contribution in [3.05, 3.63) is 112 Å². The third kappa shape index (κ3) is 14.9. The molecule has 0 radical (unpaired) electrons. The van der Waals surface area contributed by atoms with Crippen molar-refractivity contribution >= 4 is 49.7 Å². The monoisotopic (exact) mass is 1420 g/mol. The van der Waals surface area contributed by atoms with Crippen molar-refractivity contribution in [2.24, 2.45) is 5.92 Å². The molecule has 3 amide bonds. The van der Waals surface area contributed by atoms with Crippen LogP contribution in [0.3, 0.4) is 0 Å². The number of carbonyl (C=O) groups excluding carboxylic acids is 3. The lowest BCUT2D eigenvalue weighted by Crippen LogP contribution is -2.71. The maximum atomic E-state index is 14.2. The van der Waals surface area contributed by atoms with Crippen LogP contribution in [0.5, 0.6) is 28.7 Å². The largest absolute Gasteiger partial charge is 0.507 e. The fraction of sp³-hybridized carbons (Fsp3) is 0.522. The molecule has 544 valence electrons. The lowest BCUT2D eigenvalue weighted by Gasteiger charge is -2.48. The van der Waals surface area contributed by atoms with Gasteiger partial charge in [-0.25, -0.2) is 0 Å². The highest BCUT2D eigenvalue weighted by Gasteiger charge is 2.70. The molecule has 17 atom stereocenters. The van der Waals surface area contributed by atoms with Crippen molar-refractivity contribution in [3.63, 3.8) is 0 Å². The first kappa shape index (κ1) is 73.6. The lowest BCUT2D eigenvalue weighted by atomic mass is 9.72. The SMILES string of the molecule is CN1C[C@H](C(=O)N[C@]2(C)O[C@@]3(O)[C@@H]4CCCN4C(=O)[C@H](Cc4ccccc4)N3C2=O)C[C@@H]2c3cccc4[nH]cc(c34)C[C@H]21.CS(=O)(=O)O.C[C@@H]1O[C@@H](OC[C@H]2O[C@@H](Oc3c(-c4ccc(OCCO)c(OCCO)c4)oc4cc(OCCO)cc(O)c4c3=O)[C@H](O)[C@@H](O)[C@@H]2O)[C@H](O)[C@H](O)[C@H]1O. The molecule has 6 fully saturated rings. The summed E-state index contributed by atoms with van der Waals surface area (Å²) in [7, 11) is -1.61. The normalized spacial score (nSPS) is 30.9. The first-order chi connectivity index (χ1) is 47.6. The molecule has 13 rings (SSSR count). The van der Waals surface area contributed by atoms with Crippen molar-refractivity contribution < 1.29 is 126 Å². The first-order valence-corrected chi connectivity index (χ1v) is 34.4. The summed E-state index contributed by atoms with van der Waals surface area (Å²) in [4.78, 5) is 64.5. The minimum absolute atomic E-state index is 0.0380. The number of benzene rings is 4. The quantitative estimate of drug-likeness (QED) is 0.0428. The van der Waals surface area contributed by atoms with Gasteiger partial charge in [0.1, 0.15) is 97.1 Å². The minimum Gasteiger partial charge on any atom is -0.507 e. The summed E-state index contributed by atoms with van der Waals surface area (Å²) < 4.78 is 77.2. The van der Waals surface area contributed by atoms with Crippen molar-refractivity contribution in [2.45, 2.75) is 143 Å². The molecule has 14 N–H and O–H groups in total. The number of ether oxygens (including phenoxy) is 8. The second-order valence-corrected chi connectivity index (χ2v) is 27.3. The van der Waals surface area contributed by atoms with Crippen LogP contribution in [0.15, 0.2) is 94.3 Å². The molecule has 0 saturated carbocycles. The first-order valence-electron chi connectivity index (χ1n) is 32.6. The fourth-order valence-electron chi connectivity index (χ4n) is 14.3. The number of aromatic hydroxyl groups is 1. The molecule has 4 aromatic carbocycles. The number of phenols is 1. The number of H-pyrrole nitrogens is 1. The number of rotatable bonds is 19. The average molecular weight is 1420 g/mol. The number of carbonyl (C=O) groups is 3. The van der Waals surface area contributed by atoms with Gasteiger partial charge in [-0.05, 0) is 87.5 Å². The highest BCUT2D eigenvalue weighted by molar-refractivity contribution is 7.85. The summed E-state index contributed by atoms with van der Waals surface area (Å²) in [5, 5.41) is 117. The summed E-state index contributed by atoms with van der Waals surface area (Å²) in [6.07, 6.45) is -10.5. The Kier molecular flexibility index (Phi) is 22.2. The van der Waals surface area contributed by atoms with E-state index in [1.165, 1.54) is 59.5 Å². The molecular weight excluding hydrogens is 1340 g/mol. The van der Waals surface area contributed by atoms with E-state index in [-0.39, 0.29) is 115 Å². The van der Waals surface area contributed by atoms with Crippen LogP contribution in [0, 0.1) is 5.92 Å². The molecule has 8 heterocycles. The van der Waals surface area contributed by atoms with Gasteiger partial charge >= 0.3 is 0 Å². The summed E-state index contributed by atoms with van der Waals surface area (Å²) in [6, 6.07) is 21.0. The topological polar surface area (TPSA) is 470 Å². The Morgan fingerprint density at radius 2 is 1.49 bits per heavy atom. The van der Waals surface area contributed by atoms with Gasteiger partial charge in [-0.3, -0.25) is 33.4 Å². The molecule has 7 aliphatic rings. The number of likely N-dealkylation sites (tertiary alicyclic amines) is 1. The molecule has 0 unspecified atom stereocenters. The number of aromatic nitrogens is 1. The van der Waals surface area contributed by atoms with Crippen LogP contribution in [-0.2, 0) is 56.3 Å². The number of hydrogen-bond donors (Lipinski definition) is 14. The van der Waals surface area contributed by atoms with Crippen molar-refractivity contribution in [1.29, 1.82) is 0 Å². The maximum Gasteiger partial charge on any atom is 0.280 e. The summed E-state index contributed by atoms with van der Waals surface area (Å²) in [5.74, 6) is -4.62. The van der Waals surface area contributed by atoms with E-state index < -0.39 is 125 Å². The number of aliphatic hydroxyl groups excluding tert-OH is 9. The molecule has 1 aliphatic carbocycles. The third-order valence-electron chi connectivity index (χ3n) is 18.9. The van der Waals surface area contributed by atoms with Gasteiger partial charge in [0.05, 0.1) is 44.7 Å². The Bertz CT molecular complexity index is 4100. The zero-order chi connectivity index (χ0) is 71.9. The van der Waals surface area contributed by atoms with Gasteiger partial charge in [0.15, 0.2) is 23.5 Å². The van der Waals surface area contributed by atoms with E-state index in [0.29, 0.717) is 38.6 Å². The number of nitrogens with one attached hydrogen (secondary N) is 2. The van der Waals surface area contributed by atoms with Crippen LogP contribution in [0.1, 0.15) is 55.7 Å². The summed E-state index contributed by atoms with van der Waals surface area (Å²) >= 11 is 0. The molecule has 2 aromatic heterocycles. The van der Waals surface area contributed by atoms with Gasteiger partial charge in [0, 0.05) is 66.3 Å². The van der Waals surface area contributed by atoms with Gasteiger partial charge in [-0.1, -0.05) is 42.5 Å². The molecule has 33 heteroatoms. The number of piperidine rings is 1. The molecule has 6 aliphatic heterocycles. The van der Waals surface area contributed by atoms with Crippen LogP contribution in [0.2, 0.25) is 0 Å². The molecule has 6 saturated heterocycles. The van der Waals surface area contributed by atoms with E-state index in [4.69, 9.17) is 46.9 Å². The van der Waals surface area contributed by atoms with E-state index in [0.717, 1.165) is 23.6 Å². The number of piperazine rings is 1. The number of aliphatic hydroxyl groups is 10. The van der Waals surface area contributed by atoms with E-state index in [1.54, 1.807) is 4.90 Å². The van der Waals surface area contributed by atoms with Crippen LogP contribution < -0.4 is 29.7 Å². The second kappa shape index (κ2) is 30.1. The minimum atomic E-state index is -3.67. The van der Waals surface area contributed by atoms with E-state index >= 15 is 0 Å². The number of fused-ring (bicyclic) bond motifs is 6. The van der Waals surface area contributed by atoms with Crippen molar-refractivity contribution in [1.82, 2.24) is 25.0 Å². The second-order valence-electron chi connectivity index (χ2n) is 25.9. The van der Waals surface area contributed by atoms with Gasteiger partial charge < -0.3 is 114 Å². The summed E-state index contributed by atoms with van der Waals surface area (Å²) in [6.45, 7) is 1.91. The molecule has 0 spiro atoms. The number of phenolic OH excluding ortho intramolecular Hbond substituents is 1. The number of likely N-dealkylation sites (N-methyl/N-ethyl adjacent to an activating group) is 1. The molecule has 32 nitrogen and oxygen atoms in total. The van der Waals surface area contributed by atoms with Crippen molar-refractivity contribution in [2.75, 3.05) is 72.6 Å². The summed E-state index contributed by atoms with van der Waals surface area (Å²) in [5.41, 5.74) is 1.66. The smallest absolute Gasteiger partial charge is 0.280 e. The van der Waals surface area contributed by atoms with Crippen molar-refractivity contribution in [3.8, 4) is 40.1 Å². The van der Waals surface area contributed by atoms with Gasteiger partial charge in [0.2, 0.25) is 35.0 Å². The number of aromatic amines is 1. The Morgan fingerprint density at radius 3 is 2.20 bits per heavy atom. The Morgan fingerprint density at radius 1 is 0.810 bits per heavy atom. The lowest BCUT2D eigenvalue weighted by molar-refractivity contribution is -0.318. The van der Waals surface area contributed by atoms with Gasteiger partial charge in [-0.2, -0.15) is 8.42 Å². The Balaban J connectivity index is 0.000000191. The molecule has 100 heavy (non-hydrogen) atoms. The third-order valence-corrected chi connectivity index (χ3v) is 18.9. The zero-order valence-corrected chi connectivity index (χ0v) is 55.7. The van der Waals surface area contributed by atoms with Crippen LogP contribution in [0.25, 0.3) is 33.2 Å². The standard InChI is InChI=1S/C33H37N5O5.C33H42O19.CH4O3S/c1-32(35-29(39)21-15-23-22-10-6-11-24-28(22)20(17-34-24)16-25(23)36(2)18-21)31(41)38-26(14-19-8-4-3-5-9-19)30(40)37-13-7-12-27(37)33(38,42)43-32;1-14-23(38)26(41)28(43)32(49-14)48-13-21-24(39)27(42)29(44)33(51-21)52-31-25(40)22-17(37)11-16(45-7-4-34)12-20(22)50-30(31)15-2-3-18(46-8-5-35)19(10-15)47-9-6-36;1-5(2,3)4/h3-6,8-11,17,21,23,25-27,34,42H,7,12-16,18H2,1-2H3,(H,35,39);2-3,10-12,14,21,23-24,26-29,32-39,41-44H,4-9,13H2,1H3;1H3,(H,2,3,4)/t21-,23-,25-,26+,27+,32-,33+;14-,21+,23-,24+,26+,27-,28+,29+,32+,33-;/m10./s1. The molecule has 6 aromatic rings. The van der Waals surface area contributed by atoms with Crippen LogP contribution in [-0.4, -0.2) is 270 Å². The fourth-order valence-corrected chi connectivity index (χ4v) is 14.3. The highest BCUT2D eigenvalue weighted by atomic mass is 32.2. The predicted molar refractivity (Wildman–Crippen MR) is 348 cm³/mol. The number of amides is 3. The predicted octanol–water partition coefficient (Wildman–Crippen LogP) is -1.11. The Labute approximate surface area is 572 Å². The highest BCUT2D eigenvalue weighted by Crippen LogP contribution is 2.48. The van der Waals surface area contributed by atoms with Crippen LogP contribution in [0.4, 0.5) is 0 Å². The maximum absolute atomic E-state index is 14.2. The van der Waals surface area contributed by atoms with E-state index in [9.17, 15) is 83.8 Å². The zero-order valence-electron chi connectivity index (χ0n) is 54.9. The van der Waals surface area contributed by atoms with E-state index in [2.05, 4.69) is 46.6 Å². The van der Waals surface area contributed by atoms with E-state index in [1.807, 2.05) is 30.3 Å². The number of nitrogens with zero attached hydrogens (tertiary/aromatic N) is 3. The molecule has 0 bridgehead atoms. The Hall–Kier alpha value is -7.65. The molecular formula is C67H83N5O27S. The van der Waals surface area contributed by atoms with Gasteiger partial charge in [-0.15, -0.1) is 0 Å².